The molecule has 0 radical (unpaired) electrons. The average Bonchev–Trinajstić information content (AvgIpc) is 2.64. The summed E-state index contributed by atoms with van der Waals surface area (Å²) in [5.41, 5.74) is 0. The summed E-state index contributed by atoms with van der Waals surface area (Å²) >= 11 is 0. The van der Waals surface area contributed by atoms with E-state index in [9.17, 15) is 4.79 Å². The Balaban J connectivity index is 2.30. The summed E-state index contributed by atoms with van der Waals surface area (Å²) in [5.74, 6) is 0.436. The Bertz CT molecular complexity index is 209. The van der Waals surface area contributed by atoms with Crippen LogP contribution < -0.4 is 10.6 Å². The molecule has 0 saturated heterocycles. The molecular weight excluding hydrogens is 192 g/mol. The second-order valence-corrected chi connectivity index (χ2v) is 4.43. The topological polar surface area (TPSA) is 61.4 Å². The number of hydrogen-bond acceptors (Lipinski definition) is 3. The second kappa shape index (κ2) is 6.08. The van der Waals surface area contributed by atoms with Gasteiger partial charge in [-0.25, -0.2) is 0 Å². The molecule has 0 aromatic rings. The van der Waals surface area contributed by atoms with E-state index in [1.54, 1.807) is 7.05 Å². The number of nitrogens with one attached hydrogen (secondary N) is 2. The summed E-state index contributed by atoms with van der Waals surface area (Å²) in [6, 6.07) is 0.566. The van der Waals surface area contributed by atoms with Gasteiger partial charge in [0, 0.05) is 32.2 Å². The van der Waals surface area contributed by atoms with Crippen LogP contribution in [0.2, 0.25) is 0 Å². The van der Waals surface area contributed by atoms with Gasteiger partial charge in [-0.05, 0) is 25.7 Å². The monoisotopic (exact) mass is 214 g/mol. The molecule has 0 spiro atoms. The Hall–Kier alpha value is -0.610. The first kappa shape index (κ1) is 12.5. The van der Waals surface area contributed by atoms with E-state index >= 15 is 0 Å². The molecule has 1 fully saturated rings. The Morgan fingerprint density at radius 3 is 2.87 bits per heavy atom. The van der Waals surface area contributed by atoms with E-state index in [1.807, 2.05) is 6.92 Å². The number of carbonyl (C=O) groups excluding carboxylic acids is 1. The smallest absolute Gasteiger partial charge is 0.221 e. The van der Waals surface area contributed by atoms with Gasteiger partial charge in [-0.15, -0.1) is 0 Å². The highest BCUT2D eigenvalue weighted by molar-refractivity contribution is 5.76. The maximum atomic E-state index is 11.1. The molecule has 3 atom stereocenters. The predicted molar refractivity (Wildman–Crippen MR) is 59.5 cm³/mol. The molecule has 3 N–H and O–H groups in total. The van der Waals surface area contributed by atoms with Gasteiger partial charge in [0.2, 0.25) is 5.91 Å². The van der Waals surface area contributed by atoms with Gasteiger partial charge in [0.25, 0.3) is 0 Å². The summed E-state index contributed by atoms with van der Waals surface area (Å²) in [7, 11) is 1.65. The molecule has 1 aliphatic rings. The van der Waals surface area contributed by atoms with E-state index in [0.29, 0.717) is 18.4 Å². The Kier molecular flexibility index (Phi) is 5.05. The molecule has 1 saturated carbocycles. The summed E-state index contributed by atoms with van der Waals surface area (Å²) in [5, 5.41) is 15.2. The van der Waals surface area contributed by atoms with Crippen LogP contribution in [-0.4, -0.2) is 36.8 Å². The fraction of sp³-hybridized carbons (Fsp3) is 0.909. The first-order valence-corrected chi connectivity index (χ1v) is 5.74. The van der Waals surface area contributed by atoms with Gasteiger partial charge >= 0.3 is 0 Å². The van der Waals surface area contributed by atoms with Crippen LogP contribution in [0.3, 0.4) is 0 Å². The van der Waals surface area contributed by atoms with E-state index in [4.69, 9.17) is 5.11 Å². The quantitative estimate of drug-likeness (QED) is 0.615. The van der Waals surface area contributed by atoms with Crippen LogP contribution in [0.15, 0.2) is 0 Å². The van der Waals surface area contributed by atoms with E-state index in [0.717, 1.165) is 12.8 Å². The van der Waals surface area contributed by atoms with Crippen LogP contribution in [0.25, 0.3) is 0 Å². The average molecular weight is 214 g/mol. The number of hydrogen-bond donors (Lipinski definition) is 3. The van der Waals surface area contributed by atoms with E-state index < -0.39 is 0 Å². The normalized spacial score (nSPS) is 27.7. The van der Waals surface area contributed by atoms with Gasteiger partial charge in [0.05, 0.1) is 0 Å². The lowest BCUT2D eigenvalue weighted by molar-refractivity contribution is -0.121. The van der Waals surface area contributed by atoms with Crippen LogP contribution in [0, 0.1) is 5.92 Å². The van der Waals surface area contributed by atoms with Gasteiger partial charge in [-0.2, -0.15) is 0 Å². The van der Waals surface area contributed by atoms with Crippen molar-refractivity contribution in [3.05, 3.63) is 0 Å². The third-order valence-corrected chi connectivity index (χ3v) is 3.16. The Labute approximate surface area is 91.4 Å². The Morgan fingerprint density at radius 1 is 1.53 bits per heavy atom. The highest BCUT2D eigenvalue weighted by Crippen LogP contribution is 2.25. The predicted octanol–water partition coefficient (Wildman–Crippen LogP) is 0.262. The largest absolute Gasteiger partial charge is 0.396 e. The summed E-state index contributed by atoms with van der Waals surface area (Å²) in [4.78, 5) is 11.1. The molecule has 1 amide bonds. The molecule has 3 unspecified atom stereocenters. The fourth-order valence-corrected chi connectivity index (χ4v) is 2.28. The molecule has 4 nitrogen and oxygen atoms in total. The van der Waals surface area contributed by atoms with Crippen molar-refractivity contribution in [3.8, 4) is 0 Å². The number of rotatable bonds is 5. The lowest BCUT2D eigenvalue weighted by Crippen LogP contribution is -2.42. The number of aliphatic hydroxyl groups is 1. The second-order valence-electron chi connectivity index (χ2n) is 4.43. The summed E-state index contributed by atoms with van der Waals surface area (Å²) in [6.07, 6.45) is 3.89. The minimum absolute atomic E-state index is 0.0635. The number of aliphatic hydroxyl groups excluding tert-OH is 1. The lowest BCUT2D eigenvalue weighted by atomic mass is 10.0. The van der Waals surface area contributed by atoms with Crippen molar-refractivity contribution in [1.82, 2.24) is 10.6 Å². The first-order chi connectivity index (χ1) is 7.17. The van der Waals surface area contributed by atoms with Crippen molar-refractivity contribution in [2.75, 3.05) is 13.7 Å². The molecule has 88 valence electrons. The Morgan fingerprint density at radius 2 is 2.27 bits per heavy atom. The molecule has 0 aromatic heterocycles. The summed E-state index contributed by atoms with van der Waals surface area (Å²) in [6.45, 7) is 2.27. The van der Waals surface area contributed by atoms with Gasteiger partial charge in [-0.1, -0.05) is 6.42 Å². The molecule has 0 aliphatic heterocycles. The van der Waals surface area contributed by atoms with Crippen molar-refractivity contribution < 1.29 is 9.90 Å². The van der Waals surface area contributed by atoms with Crippen LogP contribution in [-0.2, 0) is 4.79 Å². The van der Waals surface area contributed by atoms with Crippen molar-refractivity contribution in [3.63, 3.8) is 0 Å². The first-order valence-electron chi connectivity index (χ1n) is 5.74. The van der Waals surface area contributed by atoms with Gasteiger partial charge in [0.15, 0.2) is 0 Å². The van der Waals surface area contributed by atoms with Crippen LogP contribution in [0.1, 0.15) is 32.6 Å². The molecule has 0 heterocycles. The fourth-order valence-electron chi connectivity index (χ4n) is 2.28. The van der Waals surface area contributed by atoms with Crippen LogP contribution in [0.5, 0.6) is 0 Å². The van der Waals surface area contributed by atoms with Crippen LogP contribution in [0.4, 0.5) is 0 Å². The highest BCUT2D eigenvalue weighted by Gasteiger charge is 2.27. The summed E-state index contributed by atoms with van der Waals surface area (Å²) < 4.78 is 0. The third-order valence-electron chi connectivity index (χ3n) is 3.16. The van der Waals surface area contributed by atoms with Gasteiger partial charge in [0.1, 0.15) is 0 Å². The standard InChI is InChI=1S/C11H22N2O2/c1-8(6-11(15)12-2)13-10-5-3-4-9(10)7-14/h8-10,13-14H,3-7H2,1-2H3,(H,12,15). The molecule has 0 aromatic carbocycles. The van der Waals surface area contributed by atoms with E-state index in [2.05, 4.69) is 10.6 Å². The van der Waals surface area contributed by atoms with Gasteiger partial charge < -0.3 is 15.7 Å². The van der Waals surface area contributed by atoms with Gasteiger partial charge in [-0.3, -0.25) is 4.79 Å². The minimum atomic E-state index is 0.0635. The number of carbonyl (C=O) groups is 1. The van der Waals surface area contributed by atoms with E-state index in [-0.39, 0.29) is 18.6 Å². The SMILES string of the molecule is CNC(=O)CC(C)NC1CCCC1CO. The molecule has 0 bridgehead atoms. The maximum Gasteiger partial charge on any atom is 0.221 e. The molecule has 4 heteroatoms. The zero-order valence-electron chi connectivity index (χ0n) is 9.62. The third kappa shape index (κ3) is 3.80. The van der Waals surface area contributed by atoms with Crippen molar-refractivity contribution >= 4 is 5.91 Å². The van der Waals surface area contributed by atoms with Crippen molar-refractivity contribution in [1.29, 1.82) is 0 Å². The zero-order valence-corrected chi connectivity index (χ0v) is 9.62. The molecule has 1 aliphatic carbocycles. The lowest BCUT2D eigenvalue weighted by Gasteiger charge is -2.23. The highest BCUT2D eigenvalue weighted by atomic mass is 16.3. The minimum Gasteiger partial charge on any atom is -0.396 e. The van der Waals surface area contributed by atoms with Crippen molar-refractivity contribution in [2.45, 2.75) is 44.7 Å². The molecular formula is C11H22N2O2. The number of amides is 1. The molecule has 15 heavy (non-hydrogen) atoms. The molecule has 1 rings (SSSR count). The zero-order chi connectivity index (χ0) is 11.3. The maximum absolute atomic E-state index is 11.1. The van der Waals surface area contributed by atoms with E-state index in [1.165, 1.54) is 6.42 Å². The van der Waals surface area contributed by atoms with Crippen molar-refractivity contribution in [2.24, 2.45) is 5.92 Å². The van der Waals surface area contributed by atoms with Crippen LogP contribution >= 0.6 is 0 Å².